The molecule has 0 aromatic rings. The predicted octanol–water partition coefficient (Wildman–Crippen LogP) is 2.79. The number of ether oxygens (including phenoxy) is 3. The first-order chi connectivity index (χ1) is 10.6. The molecule has 2 rings (SSSR count). The second kappa shape index (κ2) is 8.63. The minimum atomic E-state index is -0.722. The van der Waals surface area contributed by atoms with Gasteiger partial charge >= 0.3 is 5.97 Å². The lowest BCUT2D eigenvalue weighted by atomic mass is 10.0. The van der Waals surface area contributed by atoms with Crippen molar-refractivity contribution < 1.29 is 23.8 Å². The van der Waals surface area contributed by atoms with Gasteiger partial charge in [0, 0.05) is 7.11 Å². The number of cyclic esters (lactones) is 1. The average molecular weight is 312 g/mol. The zero-order valence-corrected chi connectivity index (χ0v) is 13.7. The average Bonchev–Trinajstić information content (AvgIpc) is 3.28. The Balaban J connectivity index is 1.91. The maximum atomic E-state index is 12.3. The molecule has 2 unspecified atom stereocenters. The van der Waals surface area contributed by atoms with E-state index in [0.29, 0.717) is 6.42 Å². The highest BCUT2D eigenvalue weighted by molar-refractivity contribution is 5.96. The van der Waals surface area contributed by atoms with Crippen molar-refractivity contribution >= 4 is 11.8 Å². The van der Waals surface area contributed by atoms with Crippen LogP contribution in [0, 0.1) is 0 Å². The lowest BCUT2D eigenvalue weighted by Crippen LogP contribution is -2.31. The lowest BCUT2D eigenvalue weighted by molar-refractivity contribution is -0.150. The first-order valence-electron chi connectivity index (χ1n) is 8.56. The summed E-state index contributed by atoms with van der Waals surface area (Å²) in [4.78, 5) is 24.2. The first-order valence-corrected chi connectivity index (χ1v) is 8.56. The SMILES string of the molecule is CO[C@H]1CCCCCCCCC[C@@H](C)OC(=O)C2OC2C1=O. The topological polar surface area (TPSA) is 65.1 Å². The standard InChI is InChI=1S/C17H28O5/c1-12-10-8-6-4-3-5-7-9-11-13(20-2)14(18)15-16(22-15)17(19)21-12/h12-13,15-16H,3-11H2,1-2H3/t12-,13+,15?,16?/m1/s1. The normalized spacial score (nSPS) is 35.5. The Kier molecular flexibility index (Phi) is 6.83. The second-order valence-electron chi connectivity index (χ2n) is 6.40. The Hall–Kier alpha value is -0.940. The van der Waals surface area contributed by atoms with E-state index in [1.165, 1.54) is 25.7 Å². The smallest absolute Gasteiger partial charge is 0.338 e. The molecule has 4 atom stereocenters. The van der Waals surface area contributed by atoms with Gasteiger partial charge in [0.2, 0.25) is 0 Å². The van der Waals surface area contributed by atoms with Crippen molar-refractivity contribution in [1.82, 2.24) is 0 Å². The number of hydrogen-bond donors (Lipinski definition) is 0. The molecule has 2 fully saturated rings. The van der Waals surface area contributed by atoms with E-state index < -0.39 is 24.3 Å². The summed E-state index contributed by atoms with van der Waals surface area (Å²) >= 11 is 0. The van der Waals surface area contributed by atoms with E-state index in [9.17, 15) is 9.59 Å². The van der Waals surface area contributed by atoms with Crippen molar-refractivity contribution in [2.75, 3.05) is 7.11 Å². The van der Waals surface area contributed by atoms with E-state index in [0.717, 1.165) is 25.7 Å². The van der Waals surface area contributed by atoms with E-state index >= 15 is 0 Å². The van der Waals surface area contributed by atoms with Gasteiger partial charge in [-0.2, -0.15) is 0 Å². The molecule has 126 valence electrons. The largest absolute Gasteiger partial charge is 0.461 e. The van der Waals surface area contributed by atoms with Gasteiger partial charge in [0.05, 0.1) is 6.10 Å². The van der Waals surface area contributed by atoms with Gasteiger partial charge in [-0.3, -0.25) is 4.79 Å². The molecular weight excluding hydrogens is 284 g/mol. The van der Waals surface area contributed by atoms with E-state index in [1.807, 2.05) is 6.92 Å². The molecule has 2 aliphatic heterocycles. The number of hydrogen-bond acceptors (Lipinski definition) is 5. The summed E-state index contributed by atoms with van der Waals surface area (Å²) in [5.41, 5.74) is 0. The third-order valence-corrected chi connectivity index (χ3v) is 4.50. The van der Waals surface area contributed by atoms with E-state index in [1.54, 1.807) is 7.11 Å². The molecule has 0 N–H and O–H groups in total. The van der Waals surface area contributed by atoms with Crippen molar-refractivity contribution in [2.24, 2.45) is 0 Å². The van der Waals surface area contributed by atoms with Gasteiger partial charge in [0.25, 0.3) is 0 Å². The van der Waals surface area contributed by atoms with Crippen LogP contribution in [0.3, 0.4) is 0 Å². The van der Waals surface area contributed by atoms with Crippen LogP contribution >= 0.6 is 0 Å². The van der Waals surface area contributed by atoms with Gasteiger partial charge in [0.1, 0.15) is 6.10 Å². The molecule has 2 aliphatic rings. The van der Waals surface area contributed by atoms with E-state index in [-0.39, 0.29) is 11.9 Å². The molecule has 0 spiro atoms. The van der Waals surface area contributed by atoms with Gasteiger partial charge in [-0.15, -0.1) is 0 Å². The molecule has 0 aliphatic carbocycles. The highest BCUT2D eigenvalue weighted by atomic mass is 16.6. The summed E-state index contributed by atoms with van der Waals surface area (Å²) < 4.78 is 15.9. The number of methoxy groups -OCH3 is 1. The lowest BCUT2D eigenvalue weighted by Gasteiger charge is -2.14. The number of carbonyl (C=O) groups excluding carboxylic acids is 2. The summed E-state index contributed by atoms with van der Waals surface area (Å²) in [7, 11) is 1.54. The monoisotopic (exact) mass is 312 g/mol. The molecule has 2 heterocycles. The number of rotatable bonds is 1. The fraction of sp³-hybridized carbons (Fsp3) is 0.882. The summed E-state index contributed by atoms with van der Waals surface area (Å²) in [6, 6.07) is 0. The molecule has 0 saturated carbocycles. The highest BCUT2D eigenvalue weighted by Crippen LogP contribution is 2.28. The molecule has 5 nitrogen and oxygen atoms in total. The number of fused-ring (bicyclic) bond motifs is 1. The van der Waals surface area contributed by atoms with Crippen molar-refractivity contribution in [3.05, 3.63) is 0 Å². The second-order valence-corrected chi connectivity index (χ2v) is 6.40. The quantitative estimate of drug-likeness (QED) is 0.550. The number of carbonyl (C=O) groups is 2. The van der Waals surface area contributed by atoms with Crippen LogP contribution < -0.4 is 0 Å². The molecule has 5 heteroatoms. The first kappa shape index (κ1) is 17.4. The van der Waals surface area contributed by atoms with Crippen LogP contribution in [-0.2, 0) is 23.8 Å². The Labute approximate surface area is 132 Å². The van der Waals surface area contributed by atoms with Crippen LogP contribution in [0.15, 0.2) is 0 Å². The van der Waals surface area contributed by atoms with Gasteiger partial charge in [0.15, 0.2) is 18.0 Å². The van der Waals surface area contributed by atoms with Crippen molar-refractivity contribution in [1.29, 1.82) is 0 Å². The van der Waals surface area contributed by atoms with E-state index in [2.05, 4.69) is 0 Å². The Morgan fingerprint density at radius 2 is 1.50 bits per heavy atom. The van der Waals surface area contributed by atoms with Gasteiger partial charge < -0.3 is 14.2 Å². The van der Waals surface area contributed by atoms with Gasteiger partial charge in [-0.05, 0) is 26.2 Å². The van der Waals surface area contributed by atoms with Crippen LogP contribution in [-0.4, -0.2) is 43.3 Å². The summed E-state index contributed by atoms with van der Waals surface area (Å²) in [6.07, 6.45) is 7.63. The van der Waals surface area contributed by atoms with Crippen molar-refractivity contribution in [3.8, 4) is 0 Å². The summed E-state index contributed by atoms with van der Waals surface area (Å²) in [5.74, 6) is -0.531. The summed E-state index contributed by atoms with van der Waals surface area (Å²) in [5, 5.41) is 0. The third-order valence-electron chi connectivity index (χ3n) is 4.50. The maximum absolute atomic E-state index is 12.3. The fourth-order valence-electron chi connectivity index (χ4n) is 3.04. The Morgan fingerprint density at radius 3 is 2.14 bits per heavy atom. The molecule has 0 aromatic heterocycles. The van der Waals surface area contributed by atoms with E-state index in [4.69, 9.17) is 14.2 Å². The van der Waals surface area contributed by atoms with Crippen LogP contribution in [0.2, 0.25) is 0 Å². The van der Waals surface area contributed by atoms with Crippen LogP contribution in [0.4, 0.5) is 0 Å². The molecule has 0 aromatic carbocycles. The number of esters is 1. The molecular formula is C17H28O5. The van der Waals surface area contributed by atoms with Crippen LogP contribution in [0.1, 0.15) is 64.7 Å². The van der Waals surface area contributed by atoms with Gasteiger partial charge in [-0.25, -0.2) is 4.79 Å². The van der Waals surface area contributed by atoms with Crippen LogP contribution in [0.5, 0.6) is 0 Å². The molecule has 0 radical (unpaired) electrons. The van der Waals surface area contributed by atoms with Gasteiger partial charge in [-0.1, -0.05) is 38.5 Å². The Bertz CT molecular complexity index is 381. The minimum Gasteiger partial charge on any atom is -0.461 e. The number of ketones is 1. The zero-order valence-electron chi connectivity index (χ0n) is 13.7. The molecule has 22 heavy (non-hydrogen) atoms. The maximum Gasteiger partial charge on any atom is 0.338 e. The molecule has 0 amide bonds. The molecule has 0 bridgehead atoms. The minimum absolute atomic E-state index is 0.112. The van der Waals surface area contributed by atoms with Crippen molar-refractivity contribution in [2.45, 2.75) is 89.1 Å². The Morgan fingerprint density at radius 1 is 0.909 bits per heavy atom. The molecule has 2 saturated heterocycles. The fourth-order valence-corrected chi connectivity index (χ4v) is 3.04. The number of epoxide rings is 1. The third kappa shape index (κ3) is 5.06. The van der Waals surface area contributed by atoms with Crippen LogP contribution in [0.25, 0.3) is 0 Å². The zero-order chi connectivity index (χ0) is 15.9. The van der Waals surface area contributed by atoms with Crippen molar-refractivity contribution in [3.63, 3.8) is 0 Å². The highest BCUT2D eigenvalue weighted by Gasteiger charge is 2.53. The summed E-state index contributed by atoms with van der Waals surface area (Å²) in [6.45, 7) is 1.90. The number of Topliss-reactive ketones (excluding diaryl/α,β-unsaturated/α-hetero) is 1. The predicted molar refractivity (Wildman–Crippen MR) is 81.6 cm³/mol.